The molecule has 0 aliphatic heterocycles. The SMILES string of the molecule is Cc1ccc(C(=O)NC(C)(CN)C2CC2)cc1Cl. The van der Waals surface area contributed by atoms with Gasteiger partial charge in [0.2, 0.25) is 0 Å². The smallest absolute Gasteiger partial charge is 0.251 e. The number of hydrogen-bond donors (Lipinski definition) is 2. The second-order valence-corrected chi connectivity index (χ2v) is 5.72. The molecule has 1 unspecified atom stereocenters. The third-order valence-corrected chi connectivity index (χ3v) is 4.14. The van der Waals surface area contributed by atoms with E-state index in [1.165, 1.54) is 0 Å². The van der Waals surface area contributed by atoms with Crippen LogP contribution in [0, 0.1) is 12.8 Å². The lowest BCUT2D eigenvalue weighted by atomic mass is 9.95. The van der Waals surface area contributed by atoms with Crippen molar-refractivity contribution in [2.75, 3.05) is 6.54 Å². The summed E-state index contributed by atoms with van der Waals surface area (Å²) in [4.78, 5) is 12.2. The number of hydrogen-bond acceptors (Lipinski definition) is 2. The first-order valence-corrected chi connectivity index (χ1v) is 6.63. The highest BCUT2D eigenvalue weighted by molar-refractivity contribution is 6.31. The monoisotopic (exact) mass is 266 g/mol. The predicted molar refractivity (Wildman–Crippen MR) is 73.8 cm³/mol. The van der Waals surface area contributed by atoms with Gasteiger partial charge in [-0.3, -0.25) is 4.79 Å². The molecule has 1 aliphatic rings. The van der Waals surface area contributed by atoms with E-state index in [1.54, 1.807) is 12.1 Å². The topological polar surface area (TPSA) is 55.1 Å². The van der Waals surface area contributed by atoms with Crippen LogP contribution in [0.4, 0.5) is 0 Å². The van der Waals surface area contributed by atoms with Crippen molar-refractivity contribution in [1.29, 1.82) is 0 Å². The van der Waals surface area contributed by atoms with Gasteiger partial charge in [0, 0.05) is 17.1 Å². The molecule has 0 bridgehead atoms. The van der Waals surface area contributed by atoms with Crippen LogP contribution in [0.15, 0.2) is 18.2 Å². The van der Waals surface area contributed by atoms with Gasteiger partial charge in [-0.2, -0.15) is 0 Å². The Labute approximate surface area is 113 Å². The van der Waals surface area contributed by atoms with Crippen molar-refractivity contribution in [3.8, 4) is 0 Å². The van der Waals surface area contributed by atoms with E-state index in [1.807, 2.05) is 19.9 Å². The summed E-state index contributed by atoms with van der Waals surface area (Å²) >= 11 is 6.03. The summed E-state index contributed by atoms with van der Waals surface area (Å²) in [6.07, 6.45) is 2.28. The molecule has 98 valence electrons. The van der Waals surface area contributed by atoms with E-state index < -0.39 is 0 Å². The number of carbonyl (C=O) groups is 1. The van der Waals surface area contributed by atoms with Gasteiger partial charge in [-0.05, 0) is 50.3 Å². The summed E-state index contributed by atoms with van der Waals surface area (Å²) in [5, 5.41) is 3.66. The van der Waals surface area contributed by atoms with E-state index in [4.69, 9.17) is 17.3 Å². The molecule has 4 heteroatoms. The van der Waals surface area contributed by atoms with Crippen LogP contribution in [0.25, 0.3) is 0 Å². The Morgan fingerprint density at radius 1 is 1.56 bits per heavy atom. The molecule has 0 aromatic heterocycles. The summed E-state index contributed by atoms with van der Waals surface area (Å²) in [5.74, 6) is 0.407. The quantitative estimate of drug-likeness (QED) is 0.880. The zero-order chi connectivity index (χ0) is 13.3. The van der Waals surface area contributed by atoms with Crippen LogP contribution in [0.1, 0.15) is 35.7 Å². The van der Waals surface area contributed by atoms with Gasteiger partial charge in [0.15, 0.2) is 0 Å². The van der Waals surface area contributed by atoms with Crippen LogP contribution < -0.4 is 11.1 Å². The maximum atomic E-state index is 12.2. The molecule has 1 fully saturated rings. The molecule has 0 saturated heterocycles. The summed E-state index contributed by atoms with van der Waals surface area (Å²) in [6.45, 7) is 4.39. The second-order valence-electron chi connectivity index (χ2n) is 5.31. The van der Waals surface area contributed by atoms with Gasteiger partial charge in [-0.1, -0.05) is 17.7 Å². The van der Waals surface area contributed by atoms with Crippen molar-refractivity contribution in [1.82, 2.24) is 5.32 Å². The Kier molecular flexibility index (Phi) is 3.64. The lowest BCUT2D eigenvalue weighted by Crippen LogP contribution is -2.53. The average molecular weight is 267 g/mol. The van der Waals surface area contributed by atoms with E-state index in [9.17, 15) is 4.79 Å². The molecule has 18 heavy (non-hydrogen) atoms. The van der Waals surface area contributed by atoms with Crippen molar-refractivity contribution in [3.63, 3.8) is 0 Å². The van der Waals surface area contributed by atoms with E-state index in [0.717, 1.165) is 18.4 Å². The molecule has 1 amide bonds. The number of aryl methyl sites for hydroxylation is 1. The minimum absolute atomic E-state index is 0.100. The number of nitrogens with one attached hydrogen (secondary N) is 1. The molecule has 1 aromatic carbocycles. The summed E-state index contributed by atoms with van der Waals surface area (Å²) in [7, 11) is 0. The molecule has 1 aliphatic carbocycles. The molecule has 0 radical (unpaired) electrons. The Bertz CT molecular complexity index is 471. The van der Waals surface area contributed by atoms with E-state index >= 15 is 0 Å². The first-order chi connectivity index (χ1) is 8.46. The summed E-state index contributed by atoms with van der Waals surface area (Å²) in [6, 6.07) is 5.35. The van der Waals surface area contributed by atoms with E-state index in [2.05, 4.69) is 5.32 Å². The zero-order valence-corrected chi connectivity index (χ0v) is 11.6. The van der Waals surface area contributed by atoms with E-state index in [-0.39, 0.29) is 11.4 Å². The van der Waals surface area contributed by atoms with Gasteiger partial charge in [-0.25, -0.2) is 0 Å². The molecular formula is C14H19ClN2O. The van der Waals surface area contributed by atoms with Crippen molar-refractivity contribution in [2.45, 2.75) is 32.2 Å². The van der Waals surface area contributed by atoms with Gasteiger partial charge >= 0.3 is 0 Å². The highest BCUT2D eigenvalue weighted by atomic mass is 35.5. The molecule has 0 spiro atoms. The van der Waals surface area contributed by atoms with Gasteiger partial charge < -0.3 is 11.1 Å². The predicted octanol–water partition coefficient (Wildman–Crippen LogP) is 2.51. The Morgan fingerprint density at radius 3 is 2.72 bits per heavy atom. The van der Waals surface area contributed by atoms with Gasteiger partial charge in [0.25, 0.3) is 5.91 Å². The maximum Gasteiger partial charge on any atom is 0.251 e. The number of rotatable bonds is 4. The first kappa shape index (κ1) is 13.4. The largest absolute Gasteiger partial charge is 0.345 e. The average Bonchev–Trinajstić information content (AvgIpc) is 3.16. The van der Waals surface area contributed by atoms with Crippen LogP contribution in [0.3, 0.4) is 0 Å². The fraction of sp³-hybridized carbons (Fsp3) is 0.500. The minimum atomic E-state index is -0.297. The van der Waals surface area contributed by atoms with Crippen LogP contribution in [-0.4, -0.2) is 18.0 Å². The molecular weight excluding hydrogens is 248 g/mol. The zero-order valence-electron chi connectivity index (χ0n) is 10.8. The number of benzene rings is 1. The van der Waals surface area contributed by atoms with Gasteiger partial charge in [0.1, 0.15) is 0 Å². The van der Waals surface area contributed by atoms with Crippen LogP contribution in [0.5, 0.6) is 0 Å². The van der Waals surface area contributed by atoms with Crippen LogP contribution >= 0.6 is 11.6 Å². The fourth-order valence-electron chi connectivity index (χ4n) is 2.11. The van der Waals surface area contributed by atoms with Crippen molar-refractivity contribution >= 4 is 17.5 Å². The molecule has 3 N–H and O–H groups in total. The molecule has 1 saturated carbocycles. The first-order valence-electron chi connectivity index (χ1n) is 6.25. The fourth-order valence-corrected chi connectivity index (χ4v) is 2.29. The summed E-state index contributed by atoms with van der Waals surface area (Å²) in [5.41, 5.74) is 7.05. The van der Waals surface area contributed by atoms with Gasteiger partial charge in [-0.15, -0.1) is 0 Å². The molecule has 1 atom stereocenters. The molecule has 1 aromatic rings. The lowest BCUT2D eigenvalue weighted by Gasteiger charge is -2.29. The lowest BCUT2D eigenvalue weighted by molar-refractivity contribution is 0.0898. The highest BCUT2D eigenvalue weighted by Crippen LogP contribution is 2.39. The van der Waals surface area contributed by atoms with Crippen LogP contribution in [-0.2, 0) is 0 Å². The molecule has 3 nitrogen and oxygen atoms in total. The normalized spacial score (nSPS) is 18.2. The molecule has 0 heterocycles. The second kappa shape index (κ2) is 4.90. The van der Waals surface area contributed by atoms with Crippen molar-refractivity contribution < 1.29 is 4.79 Å². The maximum absolute atomic E-state index is 12.2. The highest BCUT2D eigenvalue weighted by Gasteiger charge is 2.41. The third kappa shape index (κ3) is 2.68. The van der Waals surface area contributed by atoms with Gasteiger partial charge in [0.05, 0.1) is 5.54 Å². The molecule has 2 rings (SSSR count). The Morgan fingerprint density at radius 2 is 2.22 bits per heavy atom. The Balaban J connectivity index is 2.13. The summed E-state index contributed by atoms with van der Waals surface area (Å²) < 4.78 is 0. The number of halogens is 1. The van der Waals surface area contributed by atoms with Crippen molar-refractivity contribution in [3.05, 3.63) is 34.3 Å². The number of amides is 1. The van der Waals surface area contributed by atoms with Crippen LogP contribution in [0.2, 0.25) is 5.02 Å². The van der Waals surface area contributed by atoms with E-state index in [0.29, 0.717) is 23.0 Å². The minimum Gasteiger partial charge on any atom is -0.345 e. The Hall–Kier alpha value is -1.06. The third-order valence-electron chi connectivity index (χ3n) is 3.74. The number of nitrogens with two attached hydrogens (primary N) is 1. The standard InChI is InChI=1S/C14H19ClN2O/c1-9-3-4-10(7-12(9)15)13(18)17-14(2,8-16)11-5-6-11/h3-4,7,11H,5-6,8,16H2,1-2H3,(H,17,18). The van der Waals surface area contributed by atoms with Crippen molar-refractivity contribution in [2.24, 2.45) is 11.7 Å². The number of carbonyl (C=O) groups excluding carboxylic acids is 1.